The summed E-state index contributed by atoms with van der Waals surface area (Å²) in [6, 6.07) is 10.3. The molecular formula is C18H17F2NOS. The molecule has 0 unspecified atom stereocenters. The number of thioether (sulfide) groups is 1. The molecule has 0 aromatic heterocycles. The van der Waals surface area contributed by atoms with Gasteiger partial charge in [-0.15, -0.1) is 0 Å². The minimum absolute atomic E-state index is 0.0991. The molecule has 1 saturated heterocycles. The highest BCUT2D eigenvalue weighted by atomic mass is 32.2. The summed E-state index contributed by atoms with van der Waals surface area (Å²) < 4.78 is 26.8. The Balaban J connectivity index is 1.79. The molecule has 0 bridgehead atoms. The fraction of sp³-hybridized carbons (Fsp3) is 0.278. The molecule has 0 aliphatic carbocycles. The van der Waals surface area contributed by atoms with Gasteiger partial charge >= 0.3 is 0 Å². The number of benzene rings is 2. The van der Waals surface area contributed by atoms with Crippen molar-refractivity contribution in [1.82, 2.24) is 4.90 Å². The van der Waals surface area contributed by atoms with Gasteiger partial charge in [0.05, 0.1) is 5.56 Å². The molecule has 0 radical (unpaired) electrons. The van der Waals surface area contributed by atoms with Gasteiger partial charge in [-0.2, -0.15) is 11.8 Å². The zero-order valence-corrected chi connectivity index (χ0v) is 13.4. The third-order valence-electron chi connectivity index (χ3n) is 3.87. The van der Waals surface area contributed by atoms with E-state index in [2.05, 4.69) is 4.90 Å². The smallest absolute Gasteiger partial charge is 0.195 e. The summed E-state index contributed by atoms with van der Waals surface area (Å²) in [7, 11) is 0. The third kappa shape index (κ3) is 3.98. The maximum absolute atomic E-state index is 13.8. The van der Waals surface area contributed by atoms with E-state index >= 15 is 0 Å². The average molecular weight is 333 g/mol. The molecule has 1 fully saturated rings. The van der Waals surface area contributed by atoms with Crippen LogP contribution in [0.4, 0.5) is 8.78 Å². The standard InChI is InChI=1S/C18H17F2NOS/c19-15-4-5-16(17(20)11-15)18(22)14-3-1-2-13(10-14)12-21-6-8-23-9-7-21/h1-5,10-11H,6-9,12H2. The van der Waals surface area contributed by atoms with E-state index in [4.69, 9.17) is 0 Å². The van der Waals surface area contributed by atoms with Crippen LogP contribution in [0, 0.1) is 11.6 Å². The van der Waals surface area contributed by atoms with Crippen LogP contribution in [0.15, 0.2) is 42.5 Å². The number of hydrogen-bond donors (Lipinski definition) is 0. The highest BCUT2D eigenvalue weighted by Gasteiger charge is 2.16. The molecule has 2 nitrogen and oxygen atoms in total. The van der Waals surface area contributed by atoms with E-state index in [1.54, 1.807) is 12.1 Å². The zero-order valence-electron chi connectivity index (χ0n) is 12.6. The first-order valence-corrected chi connectivity index (χ1v) is 8.68. The predicted molar refractivity (Wildman–Crippen MR) is 88.8 cm³/mol. The van der Waals surface area contributed by atoms with E-state index in [0.717, 1.165) is 48.8 Å². The second-order valence-corrected chi connectivity index (χ2v) is 6.77. The van der Waals surface area contributed by atoms with Gasteiger partial charge in [-0.1, -0.05) is 18.2 Å². The average Bonchev–Trinajstić information content (AvgIpc) is 2.55. The van der Waals surface area contributed by atoms with Crippen LogP contribution >= 0.6 is 11.8 Å². The van der Waals surface area contributed by atoms with E-state index < -0.39 is 17.4 Å². The van der Waals surface area contributed by atoms with Gasteiger partial charge in [0.2, 0.25) is 0 Å². The van der Waals surface area contributed by atoms with Crippen molar-refractivity contribution in [2.75, 3.05) is 24.6 Å². The number of carbonyl (C=O) groups is 1. The van der Waals surface area contributed by atoms with Crippen LogP contribution in [0.1, 0.15) is 21.5 Å². The Morgan fingerprint density at radius 3 is 2.61 bits per heavy atom. The minimum atomic E-state index is -0.826. The first-order chi connectivity index (χ1) is 11.1. The Kier molecular flexibility index (Phi) is 5.08. The maximum atomic E-state index is 13.8. The molecule has 0 atom stereocenters. The highest BCUT2D eigenvalue weighted by molar-refractivity contribution is 7.99. The second-order valence-electron chi connectivity index (χ2n) is 5.54. The van der Waals surface area contributed by atoms with E-state index in [0.29, 0.717) is 5.56 Å². The number of hydrogen-bond acceptors (Lipinski definition) is 3. The predicted octanol–water partition coefficient (Wildman–Crippen LogP) is 3.74. The molecule has 2 aromatic carbocycles. The Labute approximate surface area is 138 Å². The highest BCUT2D eigenvalue weighted by Crippen LogP contribution is 2.18. The first kappa shape index (κ1) is 16.1. The van der Waals surface area contributed by atoms with Gasteiger partial charge in [-0.25, -0.2) is 8.78 Å². The number of carbonyl (C=O) groups excluding carboxylic acids is 1. The quantitative estimate of drug-likeness (QED) is 0.795. The topological polar surface area (TPSA) is 20.3 Å². The van der Waals surface area contributed by atoms with Crippen molar-refractivity contribution in [2.24, 2.45) is 0 Å². The van der Waals surface area contributed by atoms with Crippen LogP contribution in [-0.2, 0) is 6.54 Å². The summed E-state index contributed by atoms with van der Waals surface area (Å²) >= 11 is 1.95. The molecule has 0 amide bonds. The molecule has 1 aliphatic rings. The van der Waals surface area contributed by atoms with Crippen molar-refractivity contribution in [1.29, 1.82) is 0 Å². The second kappa shape index (κ2) is 7.23. The zero-order chi connectivity index (χ0) is 16.2. The lowest BCUT2D eigenvalue weighted by Crippen LogP contribution is -2.32. The van der Waals surface area contributed by atoms with Gasteiger partial charge in [-0.3, -0.25) is 9.69 Å². The molecule has 0 saturated carbocycles. The summed E-state index contributed by atoms with van der Waals surface area (Å²) in [4.78, 5) is 14.8. The van der Waals surface area contributed by atoms with E-state index in [1.807, 2.05) is 23.9 Å². The van der Waals surface area contributed by atoms with E-state index in [-0.39, 0.29) is 5.56 Å². The summed E-state index contributed by atoms with van der Waals surface area (Å²) in [6.45, 7) is 2.86. The monoisotopic (exact) mass is 333 g/mol. The molecule has 0 N–H and O–H groups in total. The first-order valence-electron chi connectivity index (χ1n) is 7.52. The fourth-order valence-electron chi connectivity index (χ4n) is 2.66. The van der Waals surface area contributed by atoms with Crippen molar-refractivity contribution in [2.45, 2.75) is 6.54 Å². The van der Waals surface area contributed by atoms with Gasteiger partial charge in [0.1, 0.15) is 11.6 Å². The lowest BCUT2D eigenvalue weighted by molar-refractivity contribution is 0.103. The molecule has 2 aromatic rings. The SMILES string of the molecule is O=C(c1cccc(CN2CCSCC2)c1)c1ccc(F)cc1F. The molecule has 23 heavy (non-hydrogen) atoms. The van der Waals surface area contributed by atoms with E-state index in [9.17, 15) is 13.6 Å². The van der Waals surface area contributed by atoms with Crippen LogP contribution in [-0.4, -0.2) is 35.3 Å². The molecule has 5 heteroatoms. The van der Waals surface area contributed by atoms with Crippen molar-refractivity contribution < 1.29 is 13.6 Å². The molecule has 1 aliphatic heterocycles. The Morgan fingerprint density at radius 2 is 1.87 bits per heavy atom. The number of halogens is 2. The molecule has 3 rings (SSSR count). The maximum Gasteiger partial charge on any atom is 0.195 e. The molecular weight excluding hydrogens is 316 g/mol. The van der Waals surface area contributed by atoms with Crippen LogP contribution in [0.5, 0.6) is 0 Å². The number of nitrogens with zero attached hydrogens (tertiary/aromatic N) is 1. The molecule has 1 heterocycles. The van der Waals surface area contributed by atoms with Crippen LogP contribution in [0.2, 0.25) is 0 Å². The normalized spacial score (nSPS) is 15.6. The number of rotatable bonds is 4. The van der Waals surface area contributed by atoms with Gasteiger partial charge in [-0.05, 0) is 23.8 Å². The van der Waals surface area contributed by atoms with Crippen LogP contribution in [0.25, 0.3) is 0 Å². The minimum Gasteiger partial charge on any atom is -0.297 e. The largest absolute Gasteiger partial charge is 0.297 e. The lowest BCUT2D eigenvalue weighted by atomic mass is 10.0. The van der Waals surface area contributed by atoms with Crippen molar-refractivity contribution in [3.8, 4) is 0 Å². The van der Waals surface area contributed by atoms with Crippen molar-refractivity contribution >= 4 is 17.5 Å². The lowest BCUT2D eigenvalue weighted by Gasteiger charge is -2.26. The van der Waals surface area contributed by atoms with E-state index in [1.165, 1.54) is 6.07 Å². The summed E-state index contributed by atoms with van der Waals surface area (Å²) in [6.07, 6.45) is 0. The van der Waals surface area contributed by atoms with Crippen molar-refractivity contribution in [3.05, 3.63) is 70.8 Å². The Bertz CT molecular complexity index is 714. The van der Waals surface area contributed by atoms with Gasteiger partial charge < -0.3 is 0 Å². The third-order valence-corrected chi connectivity index (χ3v) is 4.82. The summed E-state index contributed by atoms with van der Waals surface area (Å²) in [5.41, 5.74) is 1.36. The van der Waals surface area contributed by atoms with Gasteiger partial charge in [0, 0.05) is 42.8 Å². The van der Waals surface area contributed by atoms with Crippen LogP contribution in [0.3, 0.4) is 0 Å². The van der Waals surface area contributed by atoms with Gasteiger partial charge in [0.25, 0.3) is 0 Å². The van der Waals surface area contributed by atoms with Crippen LogP contribution < -0.4 is 0 Å². The molecule has 0 spiro atoms. The van der Waals surface area contributed by atoms with Gasteiger partial charge in [0.15, 0.2) is 5.78 Å². The summed E-state index contributed by atoms with van der Waals surface area (Å²) in [5.74, 6) is 0.321. The molecule has 120 valence electrons. The van der Waals surface area contributed by atoms with Crippen molar-refractivity contribution in [3.63, 3.8) is 0 Å². The Hall–Kier alpha value is -1.72. The number of ketones is 1. The Morgan fingerprint density at radius 1 is 1.09 bits per heavy atom. The summed E-state index contributed by atoms with van der Waals surface area (Å²) in [5, 5.41) is 0. The fourth-order valence-corrected chi connectivity index (χ4v) is 3.64.